The smallest absolute Gasteiger partial charge is 0.230 e. The van der Waals surface area contributed by atoms with Gasteiger partial charge in [0.15, 0.2) is 0 Å². The highest BCUT2D eigenvalue weighted by molar-refractivity contribution is 5.27. The van der Waals surface area contributed by atoms with Crippen LogP contribution >= 0.6 is 0 Å². The third kappa shape index (κ3) is 3.57. The molecular weight excluding hydrogens is 328 g/mol. The van der Waals surface area contributed by atoms with Crippen LogP contribution in [0.2, 0.25) is 0 Å². The molecule has 0 N–H and O–H groups in total. The molecule has 3 heterocycles. The zero-order valence-corrected chi connectivity index (χ0v) is 15.3. The average molecular weight is 352 g/mol. The van der Waals surface area contributed by atoms with E-state index < -0.39 is 0 Å². The van der Waals surface area contributed by atoms with Crippen molar-refractivity contribution in [1.29, 1.82) is 0 Å². The van der Waals surface area contributed by atoms with Gasteiger partial charge in [0.05, 0.1) is 32.2 Å². The number of aromatic nitrogens is 3. The summed E-state index contributed by atoms with van der Waals surface area (Å²) < 4.78 is 13.8. The standard InChI is InChI=1S/C20H24N4O2/c1-15-6-3-4-7-16(15)12-19-21-22-20(26-19)13-24-10-11-25-14-18(24)17-8-5-9-23(17)2/h3-9,18H,10-14H2,1-2H3. The molecule has 6 nitrogen and oxygen atoms in total. The average Bonchev–Trinajstić information content (AvgIpc) is 3.26. The molecule has 1 aliphatic heterocycles. The largest absolute Gasteiger partial charge is 0.424 e. The van der Waals surface area contributed by atoms with Crippen molar-refractivity contribution in [3.05, 3.63) is 71.2 Å². The molecule has 0 saturated carbocycles. The zero-order valence-electron chi connectivity index (χ0n) is 15.3. The first-order valence-electron chi connectivity index (χ1n) is 8.99. The highest BCUT2D eigenvalue weighted by Crippen LogP contribution is 2.26. The molecule has 0 aliphatic carbocycles. The lowest BCUT2D eigenvalue weighted by molar-refractivity contribution is -0.0187. The van der Waals surface area contributed by atoms with Crippen LogP contribution in [0.15, 0.2) is 47.0 Å². The maximum atomic E-state index is 5.93. The molecule has 0 radical (unpaired) electrons. The molecule has 136 valence electrons. The summed E-state index contributed by atoms with van der Waals surface area (Å²) in [5, 5.41) is 8.51. The summed E-state index contributed by atoms with van der Waals surface area (Å²) in [5.74, 6) is 1.33. The molecule has 1 saturated heterocycles. The van der Waals surface area contributed by atoms with Gasteiger partial charge in [0.1, 0.15) is 0 Å². The van der Waals surface area contributed by atoms with Crippen molar-refractivity contribution in [2.75, 3.05) is 19.8 Å². The van der Waals surface area contributed by atoms with Crippen molar-refractivity contribution in [1.82, 2.24) is 19.7 Å². The molecular formula is C20H24N4O2. The summed E-state index contributed by atoms with van der Waals surface area (Å²) in [7, 11) is 2.06. The van der Waals surface area contributed by atoms with Crippen LogP contribution in [0.1, 0.15) is 34.6 Å². The van der Waals surface area contributed by atoms with E-state index in [1.54, 1.807) is 0 Å². The number of morpholine rings is 1. The first-order chi connectivity index (χ1) is 12.7. The maximum Gasteiger partial charge on any atom is 0.230 e. The second-order valence-corrected chi connectivity index (χ2v) is 6.80. The predicted octanol–water partition coefficient (Wildman–Crippen LogP) is 2.88. The normalized spacial score (nSPS) is 18.3. The second-order valence-electron chi connectivity index (χ2n) is 6.80. The van der Waals surface area contributed by atoms with Crippen LogP contribution in [-0.2, 0) is 24.8 Å². The minimum Gasteiger partial charge on any atom is -0.424 e. The van der Waals surface area contributed by atoms with E-state index in [4.69, 9.17) is 9.15 Å². The lowest BCUT2D eigenvalue weighted by atomic mass is 10.1. The van der Waals surface area contributed by atoms with Crippen molar-refractivity contribution in [3.8, 4) is 0 Å². The van der Waals surface area contributed by atoms with Gasteiger partial charge in [0, 0.05) is 25.5 Å². The number of hydrogen-bond acceptors (Lipinski definition) is 5. The van der Waals surface area contributed by atoms with Crippen LogP contribution in [0.3, 0.4) is 0 Å². The third-order valence-electron chi connectivity index (χ3n) is 5.01. The quantitative estimate of drug-likeness (QED) is 0.707. The Morgan fingerprint density at radius 1 is 1.12 bits per heavy atom. The predicted molar refractivity (Wildman–Crippen MR) is 97.7 cm³/mol. The Kier molecular flexibility index (Phi) is 4.86. The minimum atomic E-state index is 0.204. The number of ether oxygens (including phenoxy) is 1. The van der Waals surface area contributed by atoms with Gasteiger partial charge < -0.3 is 13.7 Å². The van der Waals surface area contributed by atoms with Gasteiger partial charge in [-0.05, 0) is 30.2 Å². The van der Waals surface area contributed by atoms with Gasteiger partial charge in [0.25, 0.3) is 0 Å². The molecule has 3 aromatic rings. The minimum absolute atomic E-state index is 0.204. The topological polar surface area (TPSA) is 56.3 Å². The van der Waals surface area contributed by atoms with E-state index in [2.05, 4.69) is 64.1 Å². The zero-order chi connectivity index (χ0) is 17.9. The molecule has 4 rings (SSSR count). The monoisotopic (exact) mass is 352 g/mol. The first kappa shape index (κ1) is 17.0. The van der Waals surface area contributed by atoms with E-state index in [9.17, 15) is 0 Å². The van der Waals surface area contributed by atoms with Crippen LogP contribution in [0.4, 0.5) is 0 Å². The fourth-order valence-electron chi connectivity index (χ4n) is 3.49. The van der Waals surface area contributed by atoms with E-state index in [-0.39, 0.29) is 6.04 Å². The maximum absolute atomic E-state index is 5.93. The number of hydrogen-bond donors (Lipinski definition) is 0. The Morgan fingerprint density at radius 2 is 1.96 bits per heavy atom. The summed E-state index contributed by atoms with van der Waals surface area (Å²) in [6.07, 6.45) is 2.74. The molecule has 2 aromatic heterocycles. The van der Waals surface area contributed by atoms with E-state index in [1.165, 1.54) is 16.8 Å². The van der Waals surface area contributed by atoms with Gasteiger partial charge >= 0.3 is 0 Å². The summed E-state index contributed by atoms with van der Waals surface area (Å²) in [5.41, 5.74) is 3.70. The Labute approximate surface area is 153 Å². The van der Waals surface area contributed by atoms with Gasteiger partial charge in [-0.25, -0.2) is 0 Å². The van der Waals surface area contributed by atoms with Crippen LogP contribution in [0.25, 0.3) is 0 Å². The summed E-state index contributed by atoms with van der Waals surface area (Å²) in [6.45, 7) is 5.00. The molecule has 1 unspecified atom stereocenters. The van der Waals surface area contributed by atoms with E-state index in [0.29, 0.717) is 31.4 Å². The third-order valence-corrected chi connectivity index (χ3v) is 5.01. The molecule has 0 spiro atoms. The SMILES string of the molecule is Cc1ccccc1Cc1nnc(CN2CCOCC2c2cccn2C)o1. The molecule has 1 atom stereocenters. The second kappa shape index (κ2) is 7.43. The molecule has 6 heteroatoms. The van der Waals surface area contributed by atoms with Crippen LogP contribution in [0, 0.1) is 6.92 Å². The van der Waals surface area contributed by atoms with Crippen molar-refractivity contribution in [3.63, 3.8) is 0 Å². The summed E-state index contributed by atoms with van der Waals surface area (Å²) >= 11 is 0. The molecule has 1 aromatic carbocycles. The van der Waals surface area contributed by atoms with E-state index >= 15 is 0 Å². The Bertz CT molecular complexity index is 870. The molecule has 26 heavy (non-hydrogen) atoms. The fraction of sp³-hybridized carbons (Fsp3) is 0.400. The number of aryl methyl sites for hydroxylation is 2. The molecule has 0 bridgehead atoms. The Balaban J connectivity index is 1.47. The summed E-state index contributed by atoms with van der Waals surface area (Å²) in [4.78, 5) is 2.35. The highest BCUT2D eigenvalue weighted by atomic mass is 16.5. The lowest BCUT2D eigenvalue weighted by Gasteiger charge is -2.34. The van der Waals surface area contributed by atoms with Crippen molar-refractivity contribution in [2.24, 2.45) is 7.05 Å². The van der Waals surface area contributed by atoms with Gasteiger partial charge in [-0.15, -0.1) is 10.2 Å². The van der Waals surface area contributed by atoms with E-state index in [0.717, 1.165) is 13.2 Å². The number of benzene rings is 1. The van der Waals surface area contributed by atoms with Crippen LogP contribution in [-0.4, -0.2) is 39.4 Å². The van der Waals surface area contributed by atoms with Gasteiger partial charge in [-0.2, -0.15) is 0 Å². The van der Waals surface area contributed by atoms with Gasteiger partial charge in [-0.1, -0.05) is 24.3 Å². The highest BCUT2D eigenvalue weighted by Gasteiger charge is 2.27. The molecule has 1 fully saturated rings. The number of rotatable bonds is 5. The van der Waals surface area contributed by atoms with Crippen molar-refractivity contribution < 1.29 is 9.15 Å². The number of nitrogens with zero attached hydrogens (tertiary/aromatic N) is 4. The summed E-state index contributed by atoms with van der Waals surface area (Å²) in [6, 6.07) is 12.7. The lowest BCUT2D eigenvalue weighted by Crippen LogP contribution is -2.39. The van der Waals surface area contributed by atoms with Crippen molar-refractivity contribution in [2.45, 2.75) is 25.9 Å². The fourth-order valence-corrected chi connectivity index (χ4v) is 3.49. The molecule has 0 amide bonds. The van der Waals surface area contributed by atoms with Crippen molar-refractivity contribution >= 4 is 0 Å². The first-order valence-corrected chi connectivity index (χ1v) is 8.99. The van der Waals surface area contributed by atoms with Crippen LogP contribution in [0.5, 0.6) is 0 Å². The van der Waals surface area contributed by atoms with E-state index in [1.807, 2.05) is 12.1 Å². The van der Waals surface area contributed by atoms with Crippen LogP contribution < -0.4 is 0 Å². The Morgan fingerprint density at radius 3 is 2.77 bits per heavy atom. The Hall–Kier alpha value is -2.44. The van der Waals surface area contributed by atoms with Gasteiger partial charge in [0.2, 0.25) is 11.8 Å². The van der Waals surface area contributed by atoms with Gasteiger partial charge in [-0.3, -0.25) is 4.90 Å². The molecule has 1 aliphatic rings.